The van der Waals surface area contributed by atoms with Crippen LogP contribution in [-0.2, 0) is 32.7 Å². The van der Waals surface area contributed by atoms with Gasteiger partial charge in [0.15, 0.2) is 0 Å². The van der Waals surface area contributed by atoms with Gasteiger partial charge in [0.25, 0.3) is 0 Å². The molecular weight excluding hydrogens is 707 g/mol. The van der Waals surface area contributed by atoms with Gasteiger partial charge in [0.2, 0.25) is 0 Å². The number of phosphoric ester groups is 1. The van der Waals surface area contributed by atoms with Gasteiger partial charge in [-0.2, -0.15) is 0 Å². The Labute approximate surface area is 330 Å². The number of unbranched alkanes of at least 4 members (excludes halogenated alkanes) is 26. The van der Waals surface area contributed by atoms with Crippen molar-refractivity contribution in [2.75, 3.05) is 26.4 Å². The Morgan fingerprint density at radius 3 is 1.06 bits per heavy atom. The van der Waals surface area contributed by atoms with Gasteiger partial charge >= 0.3 is 19.8 Å². The number of aliphatic hydroxyl groups excluding tert-OH is 2. The second-order valence-electron chi connectivity index (χ2n) is 15.0. The fourth-order valence-corrected chi connectivity index (χ4v) is 7.07. The lowest BCUT2D eigenvalue weighted by Crippen LogP contribution is -2.28. The van der Waals surface area contributed by atoms with Crippen LogP contribution in [0.4, 0.5) is 0 Å². The molecule has 320 valence electrons. The first-order valence-corrected chi connectivity index (χ1v) is 23.6. The molecule has 11 heteroatoms. The summed E-state index contributed by atoms with van der Waals surface area (Å²) in [6.07, 6.45) is 37.5. The van der Waals surface area contributed by atoms with Gasteiger partial charge in [-0.05, 0) is 38.5 Å². The molecule has 10 nitrogen and oxygen atoms in total. The molecule has 0 aromatic heterocycles. The molecule has 3 unspecified atom stereocenters. The maximum absolute atomic E-state index is 12.4. The summed E-state index contributed by atoms with van der Waals surface area (Å²) >= 11 is 0. The minimum Gasteiger partial charge on any atom is -0.457 e. The van der Waals surface area contributed by atoms with Gasteiger partial charge in [-0.1, -0.05) is 174 Å². The maximum Gasteiger partial charge on any atom is 0.472 e. The lowest BCUT2D eigenvalue weighted by Gasteiger charge is -2.20. The van der Waals surface area contributed by atoms with E-state index in [-0.39, 0.29) is 12.8 Å². The third kappa shape index (κ3) is 37.6. The van der Waals surface area contributed by atoms with Gasteiger partial charge < -0.3 is 24.6 Å². The number of rotatable bonds is 42. The third-order valence-electron chi connectivity index (χ3n) is 9.73. The quantitative estimate of drug-likeness (QED) is 0.0236. The number of hydrogen-bond acceptors (Lipinski definition) is 9. The molecule has 0 aliphatic heterocycles. The van der Waals surface area contributed by atoms with Crippen LogP contribution in [0.15, 0.2) is 12.2 Å². The zero-order valence-electron chi connectivity index (χ0n) is 34.7. The van der Waals surface area contributed by atoms with Crippen molar-refractivity contribution in [3.8, 4) is 0 Å². The Morgan fingerprint density at radius 2 is 0.759 bits per heavy atom. The topological polar surface area (TPSA) is 149 Å². The highest BCUT2D eigenvalue weighted by Gasteiger charge is 2.27. The molecule has 3 N–H and O–H groups in total. The van der Waals surface area contributed by atoms with Crippen molar-refractivity contribution in [1.82, 2.24) is 0 Å². The Kier molecular flexibility index (Phi) is 39.0. The normalized spacial score (nSPS) is 13.9. The highest BCUT2D eigenvalue weighted by Crippen LogP contribution is 2.43. The van der Waals surface area contributed by atoms with E-state index in [4.69, 9.17) is 18.5 Å². The minimum atomic E-state index is -4.63. The number of aliphatic hydroxyl groups is 2. The summed E-state index contributed by atoms with van der Waals surface area (Å²) in [7, 11) is -4.63. The van der Waals surface area contributed by atoms with E-state index >= 15 is 0 Å². The summed E-state index contributed by atoms with van der Waals surface area (Å²) < 4.78 is 32.6. The number of carbonyl (C=O) groups is 2. The largest absolute Gasteiger partial charge is 0.472 e. The first-order valence-electron chi connectivity index (χ1n) is 22.1. The first kappa shape index (κ1) is 52.7. The predicted molar refractivity (Wildman–Crippen MR) is 219 cm³/mol. The van der Waals surface area contributed by atoms with Crippen LogP contribution in [0.1, 0.15) is 213 Å². The molecule has 0 saturated carbocycles. The Morgan fingerprint density at radius 1 is 0.481 bits per heavy atom. The number of carbonyl (C=O) groups excluding carboxylic acids is 2. The number of ether oxygens (including phenoxy) is 2. The highest BCUT2D eigenvalue weighted by atomic mass is 31.2. The summed E-state index contributed by atoms with van der Waals surface area (Å²) in [5, 5.41) is 19.2. The summed E-state index contributed by atoms with van der Waals surface area (Å²) in [4.78, 5) is 34.5. The third-order valence-corrected chi connectivity index (χ3v) is 10.7. The van der Waals surface area contributed by atoms with Gasteiger partial charge in [0.1, 0.15) is 12.2 Å². The number of allylic oxidation sites excluding steroid dienone is 2. The van der Waals surface area contributed by atoms with Gasteiger partial charge in [-0.3, -0.25) is 18.6 Å². The number of phosphoric acid groups is 1. The van der Waals surface area contributed by atoms with Crippen molar-refractivity contribution in [1.29, 1.82) is 0 Å². The van der Waals surface area contributed by atoms with E-state index in [1.807, 2.05) is 0 Å². The monoisotopic (exact) mass is 791 g/mol. The van der Waals surface area contributed by atoms with Crippen LogP contribution in [0.25, 0.3) is 0 Å². The molecule has 0 aromatic rings. The number of esters is 2. The highest BCUT2D eigenvalue weighted by molar-refractivity contribution is 7.47. The Hall–Kier alpha value is -1.29. The SMILES string of the molecule is CCCCCCCCC/C=C\CCCCCCCCCC(=O)OC(CO)COP(=O)(O)OCC(CO)OC(=O)CCCCCCCCCCCCCCC. The van der Waals surface area contributed by atoms with Gasteiger partial charge in [0, 0.05) is 12.8 Å². The second-order valence-corrected chi connectivity index (χ2v) is 16.5. The average molecular weight is 791 g/mol. The smallest absolute Gasteiger partial charge is 0.457 e. The average Bonchev–Trinajstić information content (AvgIpc) is 3.16. The van der Waals surface area contributed by atoms with E-state index in [0.717, 1.165) is 44.9 Å². The maximum atomic E-state index is 12.4. The molecule has 0 aromatic carbocycles. The zero-order valence-corrected chi connectivity index (χ0v) is 35.6. The predicted octanol–water partition coefficient (Wildman–Crippen LogP) is 11.6. The summed E-state index contributed by atoms with van der Waals surface area (Å²) in [6.45, 7) is 2.22. The molecule has 0 bridgehead atoms. The molecule has 3 atom stereocenters. The van der Waals surface area contributed by atoms with Crippen LogP contribution >= 0.6 is 7.82 Å². The second kappa shape index (κ2) is 39.9. The van der Waals surface area contributed by atoms with Crippen molar-refractivity contribution in [2.45, 2.75) is 225 Å². The van der Waals surface area contributed by atoms with Crippen molar-refractivity contribution in [3.63, 3.8) is 0 Å². The van der Waals surface area contributed by atoms with Crippen LogP contribution in [0.3, 0.4) is 0 Å². The fourth-order valence-electron chi connectivity index (χ4n) is 6.29. The van der Waals surface area contributed by atoms with Crippen molar-refractivity contribution < 1.29 is 47.8 Å². The van der Waals surface area contributed by atoms with E-state index in [2.05, 4.69) is 26.0 Å². The molecule has 0 fully saturated rings. The summed E-state index contributed by atoms with van der Waals surface area (Å²) in [6, 6.07) is 0. The van der Waals surface area contributed by atoms with Crippen molar-refractivity contribution >= 4 is 19.8 Å². The molecular formula is C43H83O10P. The molecule has 0 spiro atoms. The van der Waals surface area contributed by atoms with Crippen LogP contribution in [-0.4, -0.2) is 65.7 Å². The van der Waals surface area contributed by atoms with E-state index < -0.39 is 58.4 Å². The minimum absolute atomic E-state index is 0.191. The zero-order chi connectivity index (χ0) is 39.8. The first-order chi connectivity index (χ1) is 26.3. The van der Waals surface area contributed by atoms with Crippen LogP contribution < -0.4 is 0 Å². The Bertz CT molecular complexity index is 915. The molecule has 0 amide bonds. The van der Waals surface area contributed by atoms with Gasteiger partial charge in [-0.25, -0.2) is 4.57 Å². The molecule has 0 saturated heterocycles. The molecule has 54 heavy (non-hydrogen) atoms. The molecule has 0 radical (unpaired) electrons. The van der Waals surface area contributed by atoms with Gasteiger partial charge in [0.05, 0.1) is 26.4 Å². The van der Waals surface area contributed by atoms with Crippen LogP contribution in [0, 0.1) is 0 Å². The van der Waals surface area contributed by atoms with Crippen molar-refractivity contribution in [2.24, 2.45) is 0 Å². The summed E-state index contributed by atoms with van der Waals surface area (Å²) in [5.74, 6) is -1.01. The van der Waals surface area contributed by atoms with E-state index in [1.54, 1.807) is 0 Å². The summed E-state index contributed by atoms with van der Waals surface area (Å²) in [5.41, 5.74) is 0. The molecule has 0 aliphatic carbocycles. The molecule has 0 aliphatic rings. The van der Waals surface area contributed by atoms with Crippen LogP contribution in [0.5, 0.6) is 0 Å². The van der Waals surface area contributed by atoms with E-state index in [1.165, 1.54) is 128 Å². The lowest BCUT2D eigenvalue weighted by molar-refractivity contribution is -0.153. The standard InChI is InChI=1S/C43H83O10P/c1-3-5-7-9-11-13-15-17-18-19-20-21-23-25-27-29-31-33-35-43(47)53-41(37-45)39-51-54(48,49)50-38-40(36-44)52-42(46)34-32-30-28-26-24-22-16-14-12-10-8-6-4-2/h18-19,40-41,44-45H,3-17,20-39H2,1-2H3,(H,48,49)/b19-18-. The van der Waals surface area contributed by atoms with E-state index in [0.29, 0.717) is 12.8 Å². The van der Waals surface area contributed by atoms with Crippen molar-refractivity contribution in [3.05, 3.63) is 12.2 Å². The van der Waals surface area contributed by atoms with Gasteiger partial charge in [-0.15, -0.1) is 0 Å². The Balaban J connectivity index is 3.89. The fraction of sp³-hybridized carbons (Fsp3) is 0.907. The molecule has 0 heterocycles. The molecule has 0 rings (SSSR count). The van der Waals surface area contributed by atoms with E-state index in [9.17, 15) is 29.3 Å². The van der Waals surface area contributed by atoms with Crippen LogP contribution in [0.2, 0.25) is 0 Å². The lowest BCUT2D eigenvalue weighted by atomic mass is 10.0. The number of hydrogen-bond donors (Lipinski definition) is 3.